The molecule has 1 aromatic rings. The van der Waals surface area contributed by atoms with Gasteiger partial charge in [0.25, 0.3) is 0 Å². The van der Waals surface area contributed by atoms with Gasteiger partial charge < -0.3 is 0 Å². The number of hydrogen-bond acceptors (Lipinski definition) is 1. The Morgan fingerprint density at radius 3 is 2.24 bits per heavy atom. The number of hydrogen-bond donors (Lipinski definition) is 0. The molecule has 0 N–H and O–H groups in total. The molecule has 0 spiro atoms. The van der Waals surface area contributed by atoms with E-state index in [0.717, 1.165) is 5.92 Å². The highest BCUT2D eigenvalue weighted by Gasteiger charge is 2.47. The molecule has 1 nitrogen and oxygen atoms in total. The molecule has 1 saturated heterocycles. The summed E-state index contributed by atoms with van der Waals surface area (Å²) >= 11 is 0. The second-order valence-corrected chi connectivity index (χ2v) is 5.50. The van der Waals surface area contributed by atoms with E-state index >= 15 is 0 Å². The lowest BCUT2D eigenvalue weighted by atomic mass is 9.75. The highest BCUT2D eigenvalue weighted by molar-refractivity contribution is 5.24. The second-order valence-electron chi connectivity index (χ2n) is 5.50. The van der Waals surface area contributed by atoms with Gasteiger partial charge in [-0.1, -0.05) is 51.1 Å². The summed E-state index contributed by atoms with van der Waals surface area (Å²) < 4.78 is 0. The summed E-state index contributed by atoms with van der Waals surface area (Å²) in [5.74, 6) is 1.44. The summed E-state index contributed by atoms with van der Waals surface area (Å²) in [5.41, 5.74) is 1.91. The Kier molecular flexibility index (Phi) is 3.58. The molecule has 0 aliphatic carbocycles. The quantitative estimate of drug-likeness (QED) is 0.762. The molecule has 0 radical (unpaired) electrons. The van der Waals surface area contributed by atoms with Crippen molar-refractivity contribution in [3.63, 3.8) is 0 Å². The van der Waals surface area contributed by atoms with Crippen molar-refractivity contribution >= 4 is 0 Å². The molecule has 1 aromatic carbocycles. The molecule has 1 fully saturated rings. The predicted octanol–water partition coefficient (Wildman–Crippen LogP) is 3.91. The van der Waals surface area contributed by atoms with Crippen molar-refractivity contribution in [2.45, 2.75) is 45.1 Å². The molecule has 94 valence electrons. The molecular formula is C16H25N. The normalized spacial score (nSPS) is 28.5. The van der Waals surface area contributed by atoms with Crippen LogP contribution in [-0.4, -0.2) is 24.0 Å². The van der Waals surface area contributed by atoms with Crippen molar-refractivity contribution in [2.24, 2.45) is 5.92 Å². The molecule has 1 heteroatoms. The van der Waals surface area contributed by atoms with Crippen LogP contribution < -0.4 is 0 Å². The summed E-state index contributed by atoms with van der Waals surface area (Å²) in [4.78, 5) is 2.59. The summed E-state index contributed by atoms with van der Waals surface area (Å²) in [7, 11) is 2.30. The van der Waals surface area contributed by atoms with E-state index in [1.807, 2.05) is 0 Å². The van der Waals surface area contributed by atoms with Gasteiger partial charge in [-0.2, -0.15) is 0 Å². The zero-order valence-corrected chi connectivity index (χ0v) is 11.6. The van der Waals surface area contributed by atoms with Gasteiger partial charge in [-0.25, -0.2) is 0 Å². The molecule has 2 unspecified atom stereocenters. The van der Waals surface area contributed by atoms with Gasteiger partial charge in [0.15, 0.2) is 0 Å². The first-order valence-corrected chi connectivity index (χ1v) is 6.92. The average Bonchev–Trinajstić information content (AvgIpc) is 2.63. The minimum atomic E-state index is 0.403. The lowest BCUT2D eigenvalue weighted by Gasteiger charge is -2.38. The van der Waals surface area contributed by atoms with Gasteiger partial charge in [0.2, 0.25) is 0 Å². The zero-order valence-electron chi connectivity index (χ0n) is 11.6. The van der Waals surface area contributed by atoms with Gasteiger partial charge in [0, 0.05) is 18.0 Å². The van der Waals surface area contributed by atoms with Crippen molar-refractivity contribution in [1.29, 1.82) is 0 Å². The van der Waals surface area contributed by atoms with E-state index in [9.17, 15) is 0 Å². The van der Waals surface area contributed by atoms with Gasteiger partial charge in [-0.05, 0) is 31.4 Å². The van der Waals surface area contributed by atoms with E-state index in [4.69, 9.17) is 0 Å². The lowest BCUT2D eigenvalue weighted by molar-refractivity contribution is 0.123. The third-order valence-electron chi connectivity index (χ3n) is 5.13. The molecule has 2 rings (SSSR count). The summed E-state index contributed by atoms with van der Waals surface area (Å²) in [6.45, 7) is 8.31. The third kappa shape index (κ3) is 1.91. The number of likely N-dealkylation sites (tertiary alicyclic amines) is 1. The average molecular weight is 231 g/mol. The van der Waals surface area contributed by atoms with Gasteiger partial charge >= 0.3 is 0 Å². The maximum atomic E-state index is 2.59. The third-order valence-corrected chi connectivity index (χ3v) is 5.13. The summed E-state index contributed by atoms with van der Waals surface area (Å²) in [6.07, 6.45) is 2.51. The Morgan fingerprint density at radius 2 is 1.76 bits per heavy atom. The maximum Gasteiger partial charge on any atom is 0.0233 e. The Labute approximate surface area is 106 Å². The standard InChI is InChI=1S/C16H25N/c1-5-16(6-2)13(3)15(12-17(16)4)14-10-8-7-9-11-14/h7-11,13,15H,5-6,12H2,1-4H3. The first kappa shape index (κ1) is 12.6. The Hall–Kier alpha value is -0.820. The van der Waals surface area contributed by atoms with E-state index in [-0.39, 0.29) is 0 Å². The van der Waals surface area contributed by atoms with Crippen molar-refractivity contribution in [2.75, 3.05) is 13.6 Å². The minimum absolute atomic E-state index is 0.403. The maximum absolute atomic E-state index is 2.59. The van der Waals surface area contributed by atoms with Crippen LogP contribution in [0.3, 0.4) is 0 Å². The van der Waals surface area contributed by atoms with Crippen molar-refractivity contribution in [3.05, 3.63) is 35.9 Å². The van der Waals surface area contributed by atoms with Crippen LogP contribution in [0.1, 0.15) is 45.1 Å². The minimum Gasteiger partial charge on any atom is -0.300 e. The van der Waals surface area contributed by atoms with Crippen LogP contribution in [0.15, 0.2) is 30.3 Å². The zero-order chi connectivity index (χ0) is 12.5. The molecule has 0 saturated carbocycles. The Bertz CT molecular complexity index is 353. The van der Waals surface area contributed by atoms with Crippen LogP contribution in [0.5, 0.6) is 0 Å². The van der Waals surface area contributed by atoms with E-state index in [1.54, 1.807) is 0 Å². The monoisotopic (exact) mass is 231 g/mol. The first-order valence-electron chi connectivity index (χ1n) is 6.92. The molecule has 1 aliphatic heterocycles. The summed E-state index contributed by atoms with van der Waals surface area (Å²) in [5, 5.41) is 0. The van der Waals surface area contributed by atoms with Gasteiger partial charge in [-0.15, -0.1) is 0 Å². The number of nitrogens with zero attached hydrogens (tertiary/aromatic N) is 1. The molecule has 0 aromatic heterocycles. The summed E-state index contributed by atoms with van der Waals surface area (Å²) in [6, 6.07) is 11.0. The highest BCUT2D eigenvalue weighted by Crippen LogP contribution is 2.46. The topological polar surface area (TPSA) is 3.24 Å². The Morgan fingerprint density at radius 1 is 1.18 bits per heavy atom. The van der Waals surface area contributed by atoms with Gasteiger partial charge in [0.1, 0.15) is 0 Å². The van der Waals surface area contributed by atoms with Crippen molar-refractivity contribution in [1.82, 2.24) is 4.90 Å². The lowest BCUT2D eigenvalue weighted by Crippen LogP contribution is -2.44. The predicted molar refractivity (Wildman–Crippen MR) is 74.3 cm³/mol. The highest BCUT2D eigenvalue weighted by atomic mass is 15.2. The smallest absolute Gasteiger partial charge is 0.0233 e. The van der Waals surface area contributed by atoms with E-state index in [0.29, 0.717) is 11.5 Å². The van der Waals surface area contributed by atoms with Crippen molar-refractivity contribution < 1.29 is 0 Å². The molecular weight excluding hydrogens is 206 g/mol. The molecule has 0 bridgehead atoms. The number of benzene rings is 1. The fourth-order valence-corrected chi connectivity index (χ4v) is 3.89. The molecule has 2 atom stereocenters. The van der Waals surface area contributed by atoms with Crippen LogP contribution >= 0.6 is 0 Å². The molecule has 0 amide bonds. The van der Waals surface area contributed by atoms with Crippen molar-refractivity contribution in [3.8, 4) is 0 Å². The van der Waals surface area contributed by atoms with Crippen LogP contribution in [0.25, 0.3) is 0 Å². The van der Waals surface area contributed by atoms with E-state index in [1.165, 1.54) is 24.9 Å². The number of likely N-dealkylation sites (N-methyl/N-ethyl adjacent to an activating group) is 1. The number of rotatable bonds is 3. The molecule has 1 heterocycles. The van der Waals surface area contributed by atoms with Crippen LogP contribution in [0, 0.1) is 5.92 Å². The molecule has 17 heavy (non-hydrogen) atoms. The fourth-order valence-electron chi connectivity index (χ4n) is 3.89. The van der Waals surface area contributed by atoms with Gasteiger partial charge in [-0.3, -0.25) is 4.90 Å². The fraction of sp³-hybridized carbons (Fsp3) is 0.625. The largest absolute Gasteiger partial charge is 0.300 e. The van der Waals surface area contributed by atoms with E-state index < -0.39 is 0 Å². The second kappa shape index (κ2) is 4.81. The van der Waals surface area contributed by atoms with Crippen LogP contribution in [0.2, 0.25) is 0 Å². The van der Waals surface area contributed by atoms with Crippen LogP contribution in [0.4, 0.5) is 0 Å². The first-order chi connectivity index (χ1) is 8.15. The van der Waals surface area contributed by atoms with Crippen LogP contribution in [-0.2, 0) is 0 Å². The molecule has 1 aliphatic rings. The van der Waals surface area contributed by atoms with E-state index in [2.05, 4.69) is 63.1 Å². The Balaban J connectivity index is 2.30. The van der Waals surface area contributed by atoms with Gasteiger partial charge in [0.05, 0.1) is 0 Å². The SMILES string of the molecule is CCC1(CC)C(C)C(c2ccccc2)CN1C.